The van der Waals surface area contributed by atoms with Gasteiger partial charge in [0.15, 0.2) is 0 Å². The van der Waals surface area contributed by atoms with Crippen LogP contribution in [-0.2, 0) is 0 Å². The second-order valence-electron chi connectivity index (χ2n) is 5.72. The van der Waals surface area contributed by atoms with Crippen LogP contribution in [0.5, 0.6) is 0 Å². The zero-order chi connectivity index (χ0) is 10.5. The minimum Gasteiger partial charge on any atom is -0.122 e. The first-order valence-electron chi connectivity index (χ1n) is 6.65. The smallest absolute Gasteiger partial charge is 0.0157 e. The van der Waals surface area contributed by atoms with Crippen LogP contribution in [0.25, 0.3) is 0 Å². The van der Waals surface area contributed by atoms with Gasteiger partial charge in [0, 0.05) is 10.1 Å². The predicted molar refractivity (Wildman–Crippen MR) is 68.5 cm³/mol. The summed E-state index contributed by atoms with van der Waals surface area (Å²) in [6.45, 7) is 0. The van der Waals surface area contributed by atoms with Crippen LogP contribution in [0.15, 0.2) is 35.2 Å². The van der Waals surface area contributed by atoms with Gasteiger partial charge in [-0.05, 0) is 55.1 Å². The zero-order valence-electron chi connectivity index (χ0n) is 9.51. The number of hydrogen-bond acceptors (Lipinski definition) is 1. The van der Waals surface area contributed by atoms with Crippen molar-refractivity contribution < 1.29 is 0 Å². The van der Waals surface area contributed by atoms with E-state index in [1.807, 2.05) is 0 Å². The fourth-order valence-electron chi connectivity index (χ4n) is 4.45. The van der Waals surface area contributed by atoms with Gasteiger partial charge in [-0.1, -0.05) is 24.6 Å². The molecule has 4 rings (SSSR count). The summed E-state index contributed by atoms with van der Waals surface area (Å²) in [4.78, 5) is 1.49. The molecule has 1 aromatic rings. The first-order chi connectivity index (χ1) is 7.93. The first kappa shape index (κ1) is 9.58. The molecule has 3 aliphatic rings. The van der Waals surface area contributed by atoms with Crippen LogP contribution in [0, 0.1) is 23.7 Å². The summed E-state index contributed by atoms with van der Waals surface area (Å²) in [5, 5.41) is 0.970. The Hall–Kier alpha value is -0.430. The van der Waals surface area contributed by atoms with E-state index in [-0.39, 0.29) is 0 Å². The summed E-state index contributed by atoms with van der Waals surface area (Å²) in [5.41, 5.74) is 0. The highest BCUT2D eigenvalue weighted by molar-refractivity contribution is 8.00. The van der Waals surface area contributed by atoms with Crippen LogP contribution >= 0.6 is 11.8 Å². The normalized spacial score (nSPS) is 44.1. The summed E-state index contributed by atoms with van der Waals surface area (Å²) >= 11 is 2.17. The van der Waals surface area contributed by atoms with Crippen molar-refractivity contribution >= 4 is 11.8 Å². The van der Waals surface area contributed by atoms with Crippen molar-refractivity contribution in [1.82, 2.24) is 0 Å². The van der Waals surface area contributed by atoms with E-state index in [0.29, 0.717) is 0 Å². The number of hydrogen-bond donors (Lipinski definition) is 0. The lowest BCUT2D eigenvalue weighted by Crippen LogP contribution is -2.33. The Morgan fingerprint density at radius 1 is 0.875 bits per heavy atom. The van der Waals surface area contributed by atoms with Crippen molar-refractivity contribution in [3.05, 3.63) is 30.3 Å². The zero-order valence-corrected chi connectivity index (χ0v) is 10.3. The van der Waals surface area contributed by atoms with Gasteiger partial charge < -0.3 is 0 Å². The van der Waals surface area contributed by atoms with Crippen LogP contribution in [0.1, 0.15) is 25.7 Å². The van der Waals surface area contributed by atoms with E-state index in [1.54, 1.807) is 6.42 Å². The van der Waals surface area contributed by atoms with Crippen LogP contribution in [0.2, 0.25) is 0 Å². The Labute approximate surface area is 102 Å². The van der Waals surface area contributed by atoms with Gasteiger partial charge in [-0.3, -0.25) is 0 Å². The van der Waals surface area contributed by atoms with Crippen molar-refractivity contribution in [3.8, 4) is 0 Å². The van der Waals surface area contributed by atoms with Gasteiger partial charge in [-0.25, -0.2) is 0 Å². The first-order valence-corrected chi connectivity index (χ1v) is 7.53. The summed E-state index contributed by atoms with van der Waals surface area (Å²) in [7, 11) is 0. The van der Waals surface area contributed by atoms with E-state index < -0.39 is 0 Å². The summed E-state index contributed by atoms with van der Waals surface area (Å²) in [6, 6.07) is 11.0. The molecule has 0 aliphatic heterocycles. The van der Waals surface area contributed by atoms with Gasteiger partial charge in [0.05, 0.1) is 0 Å². The lowest BCUT2D eigenvalue weighted by atomic mass is 9.79. The minimum atomic E-state index is 0.970. The molecule has 0 radical (unpaired) electrons. The summed E-state index contributed by atoms with van der Waals surface area (Å²) in [6.07, 6.45) is 6.15. The van der Waals surface area contributed by atoms with Gasteiger partial charge >= 0.3 is 0 Å². The summed E-state index contributed by atoms with van der Waals surface area (Å²) in [5.74, 6) is 4.38. The Kier molecular flexibility index (Phi) is 2.11. The lowest BCUT2D eigenvalue weighted by molar-refractivity contribution is 0.266. The molecule has 1 heteroatoms. The van der Waals surface area contributed by atoms with Crippen molar-refractivity contribution in [3.63, 3.8) is 0 Å². The number of thioether (sulfide) groups is 1. The van der Waals surface area contributed by atoms with Crippen LogP contribution in [0.4, 0.5) is 0 Å². The molecule has 3 fully saturated rings. The Balaban J connectivity index is 1.52. The molecule has 1 aromatic carbocycles. The van der Waals surface area contributed by atoms with E-state index in [4.69, 9.17) is 0 Å². The molecule has 0 N–H and O–H groups in total. The average Bonchev–Trinajstić information content (AvgIpc) is 2.92. The molecule has 0 nitrogen and oxygen atoms in total. The molecule has 4 atom stereocenters. The van der Waals surface area contributed by atoms with Gasteiger partial charge in [0.25, 0.3) is 0 Å². The second kappa shape index (κ2) is 3.53. The van der Waals surface area contributed by atoms with E-state index in [0.717, 1.165) is 28.9 Å². The van der Waals surface area contributed by atoms with Crippen LogP contribution in [0.3, 0.4) is 0 Å². The van der Waals surface area contributed by atoms with Crippen molar-refractivity contribution in [2.24, 2.45) is 23.7 Å². The molecule has 0 amide bonds. The molecular weight excluding hydrogens is 212 g/mol. The molecule has 0 spiro atoms. The average molecular weight is 230 g/mol. The summed E-state index contributed by atoms with van der Waals surface area (Å²) < 4.78 is 0. The predicted octanol–water partition coefficient (Wildman–Crippen LogP) is 4.21. The van der Waals surface area contributed by atoms with E-state index in [2.05, 4.69) is 42.1 Å². The topological polar surface area (TPSA) is 0 Å². The number of rotatable bonds is 2. The standard InChI is InChI=1S/C15H18S/c1-2-5-10(6-3-1)16-15-13-9-14(15)12-8-4-7-11(12)13/h1-3,5-6,11-15H,4,7-9H2. The van der Waals surface area contributed by atoms with Crippen LogP contribution in [-0.4, -0.2) is 5.25 Å². The van der Waals surface area contributed by atoms with Crippen molar-refractivity contribution in [1.29, 1.82) is 0 Å². The molecule has 16 heavy (non-hydrogen) atoms. The minimum absolute atomic E-state index is 0.970. The third kappa shape index (κ3) is 1.24. The third-order valence-electron chi connectivity index (χ3n) is 5.13. The molecule has 3 saturated carbocycles. The van der Waals surface area contributed by atoms with E-state index in [9.17, 15) is 0 Å². The molecule has 4 unspecified atom stereocenters. The fraction of sp³-hybridized carbons (Fsp3) is 0.600. The van der Waals surface area contributed by atoms with Crippen LogP contribution < -0.4 is 0 Å². The number of fused-ring (bicyclic) bond motifs is 5. The molecule has 2 bridgehead atoms. The maximum Gasteiger partial charge on any atom is 0.0157 e. The van der Waals surface area contributed by atoms with Gasteiger partial charge in [0.1, 0.15) is 0 Å². The molecule has 3 aliphatic carbocycles. The molecular formula is C15H18S. The molecule has 84 valence electrons. The quantitative estimate of drug-likeness (QED) is 0.733. The maximum atomic E-state index is 2.28. The van der Waals surface area contributed by atoms with E-state index in [1.165, 1.54) is 24.2 Å². The molecule has 0 heterocycles. The van der Waals surface area contributed by atoms with Gasteiger partial charge in [0.2, 0.25) is 0 Å². The number of benzene rings is 1. The van der Waals surface area contributed by atoms with Gasteiger partial charge in [-0.15, -0.1) is 11.8 Å². The van der Waals surface area contributed by atoms with Crippen molar-refractivity contribution in [2.45, 2.75) is 35.8 Å². The highest BCUT2D eigenvalue weighted by atomic mass is 32.2. The third-order valence-corrected chi connectivity index (χ3v) is 6.64. The highest BCUT2D eigenvalue weighted by Crippen LogP contribution is 2.66. The molecule has 0 saturated heterocycles. The SMILES string of the molecule is c1ccc(SC2C3CC2C2CCCC23)cc1. The largest absolute Gasteiger partial charge is 0.122 e. The molecule has 0 aromatic heterocycles. The highest BCUT2D eigenvalue weighted by Gasteiger charge is 2.60. The van der Waals surface area contributed by atoms with Gasteiger partial charge in [-0.2, -0.15) is 0 Å². The van der Waals surface area contributed by atoms with Crippen molar-refractivity contribution in [2.75, 3.05) is 0 Å². The van der Waals surface area contributed by atoms with E-state index >= 15 is 0 Å². The Bertz CT molecular complexity index is 370. The fourth-order valence-corrected chi connectivity index (χ4v) is 6.06. The maximum absolute atomic E-state index is 2.28. The Morgan fingerprint density at radius 3 is 2.25 bits per heavy atom. The Morgan fingerprint density at radius 2 is 1.56 bits per heavy atom. The lowest BCUT2D eigenvalue weighted by Gasteiger charge is -2.37. The second-order valence-corrected chi connectivity index (χ2v) is 6.97. The monoisotopic (exact) mass is 230 g/mol.